The van der Waals surface area contributed by atoms with Crippen LogP contribution in [0.4, 0.5) is 5.82 Å². The zero-order valence-electron chi connectivity index (χ0n) is 21.4. The quantitative estimate of drug-likeness (QED) is 0.380. The molecule has 3 aromatic rings. The average Bonchev–Trinajstić information content (AvgIpc) is 2.85. The predicted molar refractivity (Wildman–Crippen MR) is 145 cm³/mol. The Labute approximate surface area is 221 Å². The normalized spacial score (nSPS) is 12.3. The fourth-order valence-corrected chi connectivity index (χ4v) is 4.94. The van der Waals surface area contributed by atoms with Crippen LogP contribution in [0, 0.1) is 0 Å². The van der Waals surface area contributed by atoms with Gasteiger partial charge in [-0.2, -0.15) is 0 Å². The molecule has 0 aliphatic rings. The van der Waals surface area contributed by atoms with Gasteiger partial charge < -0.3 is 14.6 Å². The Balaban J connectivity index is 2.10. The highest BCUT2D eigenvalue weighted by atomic mass is 35.5. The van der Waals surface area contributed by atoms with E-state index in [1.807, 2.05) is 44.2 Å². The molecule has 0 radical (unpaired) electrons. The van der Waals surface area contributed by atoms with Gasteiger partial charge in [0.15, 0.2) is 4.90 Å². The molecule has 2 N–H and O–H groups in total. The number of aromatic amines is 1. The van der Waals surface area contributed by atoms with E-state index in [1.54, 1.807) is 24.3 Å². The van der Waals surface area contributed by atoms with Crippen LogP contribution in [0.3, 0.4) is 0 Å². The molecule has 2 heterocycles. The van der Waals surface area contributed by atoms with Gasteiger partial charge >= 0.3 is 0 Å². The summed E-state index contributed by atoms with van der Waals surface area (Å²) in [6, 6.07) is 11.0. The van der Waals surface area contributed by atoms with Crippen molar-refractivity contribution in [1.29, 1.82) is 0 Å². The van der Waals surface area contributed by atoms with E-state index < -0.39 is 26.4 Å². The number of nitrogens with zero attached hydrogens (tertiary/aromatic N) is 2. The largest absolute Gasteiger partial charge is 0.489 e. The Bertz CT molecular complexity index is 1440. The lowest BCUT2D eigenvalue weighted by Crippen LogP contribution is -2.38. The molecule has 9 nitrogen and oxygen atoms in total. The molecule has 2 aromatic heterocycles. The van der Waals surface area contributed by atoms with E-state index in [4.69, 9.17) is 21.3 Å². The molecule has 1 atom stereocenters. The summed E-state index contributed by atoms with van der Waals surface area (Å²) < 4.78 is 33.4. The highest BCUT2D eigenvalue weighted by molar-refractivity contribution is 7.90. The van der Waals surface area contributed by atoms with Crippen LogP contribution in [0.25, 0.3) is 11.3 Å². The van der Waals surface area contributed by atoms with Gasteiger partial charge in [0.2, 0.25) is 0 Å². The van der Waals surface area contributed by atoms with Crippen molar-refractivity contribution in [1.82, 2.24) is 14.7 Å². The van der Waals surface area contributed by atoms with E-state index in [2.05, 4.69) is 4.98 Å². The number of halogens is 1. The second-order valence-electron chi connectivity index (χ2n) is 8.72. The van der Waals surface area contributed by atoms with Crippen molar-refractivity contribution in [2.24, 2.45) is 0 Å². The molecule has 0 aliphatic carbocycles. The SMILES string of the molecule is CC[C@@H](C)N(CC)c1nc(-c2ccc(Cl)c(OC(C)C)c2)ccc1C(=O)NS(=O)(=O)c1ccc[nH]c1=O. The first-order valence-electron chi connectivity index (χ1n) is 12.0. The third-order valence-corrected chi connectivity index (χ3v) is 7.41. The summed E-state index contributed by atoms with van der Waals surface area (Å²) >= 11 is 6.29. The number of amides is 1. The Kier molecular flexibility index (Phi) is 8.98. The monoisotopic (exact) mass is 546 g/mol. The van der Waals surface area contributed by atoms with Crippen molar-refractivity contribution in [2.45, 2.75) is 58.1 Å². The van der Waals surface area contributed by atoms with Crippen molar-refractivity contribution in [2.75, 3.05) is 11.4 Å². The van der Waals surface area contributed by atoms with E-state index in [0.29, 0.717) is 28.8 Å². The molecule has 11 heteroatoms. The van der Waals surface area contributed by atoms with Crippen LogP contribution in [-0.4, -0.2) is 43.0 Å². The Morgan fingerprint density at radius 3 is 2.51 bits per heavy atom. The predicted octanol–water partition coefficient (Wildman–Crippen LogP) is 4.62. The Hall–Kier alpha value is -3.37. The van der Waals surface area contributed by atoms with E-state index in [-0.39, 0.29) is 17.7 Å². The molecule has 0 fully saturated rings. The molecular formula is C26H31ClN4O5S. The van der Waals surface area contributed by atoms with Crippen molar-refractivity contribution in [3.05, 3.63) is 69.6 Å². The molecule has 3 rings (SSSR count). The summed E-state index contributed by atoms with van der Waals surface area (Å²) in [6.07, 6.45) is 2.00. The van der Waals surface area contributed by atoms with Crippen LogP contribution >= 0.6 is 11.6 Å². The third-order valence-electron chi connectivity index (χ3n) is 5.74. The number of aromatic nitrogens is 2. The Morgan fingerprint density at radius 2 is 1.89 bits per heavy atom. The molecular weight excluding hydrogens is 516 g/mol. The summed E-state index contributed by atoms with van der Waals surface area (Å²) in [5.41, 5.74) is 0.515. The summed E-state index contributed by atoms with van der Waals surface area (Å²) in [4.78, 5) is 33.7. The van der Waals surface area contributed by atoms with Gasteiger partial charge in [0.1, 0.15) is 11.6 Å². The maximum Gasteiger partial charge on any atom is 0.269 e. The number of hydrogen-bond donors (Lipinski definition) is 2. The number of ether oxygens (including phenoxy) is 1. The minimum absolute atomic E-state index is 0.0120. The summed E-state index contributed by atoms with van der Waals surface area (Å²) in [5.74, 6) is -0.0583. The average molecular weight is 547 g/mol. The van der Waals surface area contributed by atoms with Crippen LogP contribution in [0.15, 0.2) is 58.4 Å². The standard InChI is InChI=1S/C26H31ClN4O5S/c1-6-17(5)31(7-2)24-19(25(32)30-37(34,35)23-9-8-14-28-26(23)33)11-13-21(29-24)18-10-12-20(27)22(15-18)36-16(3)4/h8-17H,6-7H2,1-5H3,(H,28,33)(H,30,32)/t17-/m1/s1. The fourth-order valence-electron chi connectivity index (χ4n) is 3.75. The summed E-state index contributed by atoms with van der Waals surface area (Å²) in [5, 5.41) is 0.463. The summed E-state index contributed by atoms with van der Waals surface area (Å²) in [7, 11) is -4.42. The maximum absolute atomic E-state index is 13.3. The molecule has 198 valence electrons. The number of carbonyl (C=O) groups is 1. The first kappa shape index (κ1) is 28.2. The minimum Gasteiger partial charge on any atom is -0.489 e. The highest BCUT2D eigenvalue weighted by Crippen LogP contribution is 2.33. The van der Waals surface area contributed by atoms with Crippen molar-refractivity contribution >= 4 is 33.3 Å². The Morgan fingerprint density at radius 1 is 1.16 bits per heavy atom. The number of hydrogen-bond acceptors (Lipinski definition) is 7. The molecule has 0 spiro atoms. The fraction of sp³-hybridized carbons (Fsp3) is 0.346. The first-order valence-corrected chi connectivity index (χ1v) is 13.8. The highest BCUT2D eigenvalue weighted by Gasteiger charge is 2.27. The lowest BCUT2D eigenvalue weighted by molar-refractivity contribution is 0.0981. The van der Waals surface area contributed by atoms with Crippen molar-refractivity contribution < 1.29 is 17.9 Å². The van der Waals surface area contributed by atoms with Gasteiger partial charge in [-0.25, -0.2) is 18.1 Å². The molecule has 0 saturated carbocycles. The second kappa shape index (κ2) is 11.8. The third kappa shape index (κ3) is 6.50. The van der Waals surface area contributed by atoms with E-state index >= 15 is 0 Å². The van der Waals surface area contributed by atoms with Crippen LogP contribution in [-0.2, 0) is 10.0 Å². The number of rotatable bonds is 10. The van der Waals surface area contributed by atoms with Crippen molar-refractivity contribution in [3.8, 4) is 17.0 Å². The molecule has 0 bridgehead atoms. The second-order valence-corrected chi connectivity index (χ2v) is 10.8. The zero-order valence-corrected chi connectivity index (χ0v) is 23.0. The van der Waals surface area contributed by atoms with Gasteiger partial charge in [-0.3, -0.25) is 9.59 Å². The molecule has 1 amide bonds. The maximum atomic E-state index is 13.3. The van der Waals surface area contributed by atoms with E-state index in [9.17, 15) is 18.0 Å². The first-order chi connectivity index (χ1) is 17.5. The van der Waals surface area contributed by atoms with Crippen LogP contribution < -0.4 is 19.9 Å². The molecule has 0 unspecified atom stereocenters. The van der Waals surface area contributed by atoms with Crippen molar-refractivity contribution in [3.63, 3.8) is 0 Å². The lowest BCUT2D eigenvalue weighted by atomic mass is 10.1. The van der Waals surface area contributed by atoms with Gasteiger partial charge in [-0.15, -0.1) is 0 Å². The van der Waals surface area contributed by atoms with Gasteiger partial charge in [0.05, 0.1) is 22.4 Å². The number of benzene rings is 1. The number of sulfonamides is 1. The van der Waals surface area contributed by atoms with Gasteiger partial charge in [-0.1, -0.05) is 24.6 Å². The smallest absolute Gasteiger partial charge is 0.269 e. The molecule has 0 aliphatic heterocycles. The van der Waals surface area contributed by atoms with Gasteiger partial charge in [0.25, 0.3) is 21.5 Å². The molecule has 37 heavy (non-hydrogen) atoms. The number of nitrogens with one attached hydrogen (secondary N) is 2. The number of H-pyrrole nitrogens is 1. The number of pyridine rings is 2. The molecule has 0 saturated heterocycles. The lowest BCUT2D eigenvalue weighted by Gasteiger charge is -2.30. The number of anilines is 1. The van der Waals surface area contributed by atoms with Crippen LogP contribution in [0.5, 0.6) is 5.75 Å². The van der Waals surface area contributed by atoms with Gasteiger partial charge in [0, 0.05) is 24.3 Å². The van der Waals surface area contributed by atoms with Crippen LogP contribution in [0.1, 0.15) is 51.4 Å². The number of carbonyl (C=O) groups excluding carboxylic acids is 1. The van der Waals surface area contributed by atoms with E-state index in [0.717, 1.165) is 18.1 Å². The summed E-state index contributed by atoms with van der Waals surface area (Å²) in [6.45, 7) is 10.3. The molecule has 1 aromatic carbocycles. The topological polar surface area (TPSA) is 121 Å². The zero-order chi connectivity index (χ0) is 27.3. The van der Waals surface area contributed by atoms with Crippen LogP contribution in [0.2, 0.25) is 5.02 Å². The minimum atomic E-state index is -4.42. The van der Waals surface area contributed by atoms with E-state index in [1.165, 1.54) is 18.3 Å². The van der Waals surface area contributed by atoms with Gasteiger partial charge in [-0.05, 0) is 70.5 Å².